The highest BCUT2D eigenvalue weighted by atomic mass is 19.1. The van der Waals surface area contributed by atoms with Gasteiger partial charge in [0.25, 0.3) is 5.91 Å². The zero-order chi connectivity index (χ0) is 15.7. The lowest BCUT2D eigenvalue weighted by atomic mass is 10.1. The molecule has 0 radical (unpaired) electrons. The molecule has 0 unspecified atom stereocenters. The lowest BCUT2D eigenvalue weighted by Crippen LogP contribution is -2.28. The van der Waals surface area contributed by atoms with Gasteiger partial charge >= 0.3 is 0 Å². The van der Waals surface area contributed by atoms with Crippen LogP contribution in [0.25, 0.3) is 0 Å². The van der Waals surface area contributed by atoms with E-state index in [1.54, 1.807) is 4.90 Å². The fraction of sp³-hybridized carbons (Fsp3) is 0.412. The van der Waals surface area contributed by atoms with E-state index < -0.39 is 6.17 Å². The molecule has 3 rings (SSSR count). The van der Waals surface area contributed by atoms with E-state index >= 15 is 0 Å². The number of hydrogen-bond donors (Lipinski definition) is 0. The minimum atomic E-state index is -0.880. The van der Waals surface area contributed by atoms with Crippen LogP contribution in [-0.2, 0) is 6.54 Å². The average Bonchev–Trinajstić information content (AvgIpc) is 3.05. The monoisotopic (exact) mass is 301 g/mol. The second-order valence-electron chi connectivity index (χ2n) is 5.92. The van der Waals surface area contributed by atoms with Crippen LogP contribution < -0.4 is 0 Å². The molecular weight excluding hydrogens is 281 g/mol. The molecule has 1 aliphatic heterocycles. The maximum absolute atomic E-state index is 13.2. The van der Waals surface area contributed by atoms with Crippen LogP contribution in [0.3, 0.4) is 0 Å². The van der Waals surface area contributed by atoms with Crippen LogP contribution >= 0.6 is 0 Å². The van der Waals surface area contributed by atoms with Crippen LogP contribution in [-0.4, -0.2) is 39.8 Å². The van der Waals surface area contributed by atoms with Crippen molar-refractivity contribution in [2.45, 2.75) is 33.0 Å². The molecule has 0 spiro atoms. The van der Waals surface area contributed by atoms with Crippen molar-refractivity contribution in [3.63, 3.8) is 0 Å². The van der Waals surface area contributed by atoms with E-state index in [1.807, 2.05) is 48.9 Å². The number of amides is 1. The van der Waals surface area contributed by atoms with Crippen molar-refractivity contribution in [1.82, 2.24) is 14.7 Å². The van der Waals surface area contributed by atoms with Crippen LogP contribution in [0.15, 0.2) is 30.3 Å². The summed E-state index contributed by atoms with van der Waals surface area (Å²) in [5.74, 6) is -0.0854. The largest absolute Gasteiger partial charge is 0.336 e. The molecule has 5 heteroatoms. The zero-order valence-corrected chi connectivity index (χ0v) is 12.9. The summed E-state index contributed by atoms with van der Waals surface area (Å²) in [5.41, 5.74) is 3.82. The normalized spacial score (nSPS) is 18.0. The number of benzene rings is 1. The molecule has 22 heavy (non-hydrogen) atoms. The van der Waals surface area contributed by atoms with E-state index in [9.17, 15) is 9.18 Å². The third kappa shape index (κ3) is 3.03. The Morgan fingerprint density at radius 2 is 2.05 bits per heavy atom. The molecule has 1 fully saturated rings. The molecule has 1 saturated heterocycles. The minimum Gasteiger partial charge on any atom is -0.336 e. The van der Waals surface area contributed by atoms with Crippen molar-refractivity contribution < 1.29 is 9.18 Å². The van der Waals surface area contributed by atoms with Gasteiger partial charge in [-0.1, -0.05) is 12.1 Å². The number of hydrogen-bond acceptors (Lipinski definition) is 2. The summed E-state index contributed by atoms with van der Waals surface area (Å²) >= 11 is 0. The van der Waals surface area contributed by atoms with Gasteiger partial charge in [0.05, 0.1) is 18.8 Å². The first-order valence-electron chi connectivity index (χ1n) is 7.56. The van der Waals surface area contributed by atoms with Crippen molar-refractivity contribution in [1.29, 1.82) is 0 Å². The molecule has 116 valence electrons. The van der Waals surface area contributed by atoms with Gasteiger partial charge in [0.15, 0.2) is 0 Å². The number of halogens is 1. The van der Waals surface area contributed by atoms with Gasteiger partial charge in [-0.05, 0) is 44.0 Å². The van der Waals surface area contributed by atoms with E-state index in [1.165, 1.54) is 0 Å². The Labute approximate surface area is 129 Å². The first kappa shape index (κ1) is 14.8. The summed E-state index contributed by atoms with van der Waals surface area (Å²) in [5, 5.41) is 4.43. The molecule has 0 N–H and O–H groups in total. The van der Waals surface area contributed by atoms with Crippen LogP contribution in [0, 0.1) is 13.8 Å². The first-order valence-corrected chi connectivity index (χ1v) is 7.56. The lowest BCUT2D eigenvalue weighted by molar-refractivity contribution is 0.0783. The predicted octanol–water partition coefficient (Wildman–Crippen LogP) is 2.73. The summed E-state index contributed by atoms with van der Waals surface area (Å²) in [4.78, 5) is 13.8. The number of carbonyl (C=O) groups is 1. The highest BCUT2D eigenvalue weighted by molar-refractivity contribution is 5.94. The van der Waals surface area contributed by atoms with Crippen LogP contribution in [0.1, 0.15) is 33.7 Å². The predicted molar refractivity (Wildman–Crippen MR) is 82.7 cm³/mol. The number of rotatable bonds is 3. The SMILES string of the molecule is Cc1cc(C)n(Cc2ccc(C(=O)N3CC[C@H](F)C3)cc2)n1. The van der Waals surface area contributed by atoms with Crippen LogP contribution in [0.2, 0.25) is 0 Å². The molecule has 2 heterocycles. The molecule has 1 aromatic carbocycles. The van der Waals surface area contributed by atoms with E-state index in [2.05, 4.69) is 5.10 Å². The van der Waals surface area contributed by atoms with Crippen molar-refractivity contribution in [2.75, 3.05) is 13.1 Å². The highest BCUT2D eigenvalue weighted by Gasteiger charge is 2.26. The number of aromatic nitrogens is 2. The smallest absolute Gasteiger partial charge is 0.253 e. The van der Waals surface area contributed by atoms with Gasteiger partial charge < -0.3 is 4.90 Å². The second kappa shape index (κ2) is 5.91. The molecule has 0 aliphatic carbocycles. The summed E-state index contributed by atoms with van der Waals surface area (Å²) in [6.07, 6.45) is -0.434. The maximum Gasteiger partial charge on any atom is 0.253 e. The Bertz CT molecular complexity index is 678. The van der Waals surface area contributed by atoms with Gasteiger partial charge in [-0.15, -0.1) is 0 Å². The Kier molecular flexibility index (Phi) is 3.96. The summed E-state index contributed by atoms with van der Waals surface area (Å²) in [7, 11) is 0. The Balaban J connectivity index is 1.70. The Hall–Kier alpha value is -2.17. The third-order valence-corrected chi connectivity index (χ3v) is 4.05. The van der Waals surface area contributed by atoms with Gasteiger partial charge in [0, 0.05) is 17.8 Å². The highest BCUT2D eigenvalue weighted by Crippen LogP contribution is 2.16. The summed E-state index contributed by atoms with van der Waals surface area (Å²) in [6.45, 7) is 5.41. The molecule has 1 atom stereocenters. The minimum absolute atomic E-state index is 0.0854. The van der Waals surface area contributed by atoms with E-state index in [0.717, 1.165) is 17.0 Å². The van der Waals surface area contributed by atoms with Crippen molar-refractivity contribution in [2.24, 2.45) is 0 Å². The number of alkyl halides is 1. The van der Waals surface area contributed by atoms with Gasteiger partial charge in [-0.3, -0.25) is 9.48 Å². The second-order valence-corrected chi connectivity index (χ2v) is 5.92. The molecule has 0 saturated carbocycles. The van der Waals surface area contributed by atoms with E-state index in [-0.39, 0.29) is 12.5 Å². The van der Waals surface area contributed by atoms with E-state index in [0.29, 0.717) is 25.1 Å². The van der Waals surface area contributed by atoms with Crippen molar-refractivity contribution in [3.8, 4) is 0 Å². The van der Waals surface area contributed by atoms with Crippen molar-refractivity contribution >= 4 is 5.91 Å². The van der Waals surface area contributed by atoms with Crippen molar-refractivity contribution in [3.05, 3.63) is 52.8 Å². The number of likely N-dealkylation sites (tertiary alicyclic amines) is 1. The van der Waals surface area contributed by atoms with Gasteiger partial charge in [0.1, 0.15) is 6.17 Å². The topological polar surface area (TPSA) is 38.1 Å². The van der Waals surface area contributed by atoms with Crippen LogP contribution in [0.5, 0.6) is 0 Å². The fourth-order valence-corrected chi connectivity index (χ4v) is 2.85. The van der Waals surface area contributed by atoms with Gasteiger partial charge in [0.2, 0.25) is 0 Å². The molecule has 1 amide bonds. The maximum atomic E-state index is 13.2. The molecule has 1 aromatic heterocycles. The average molecular weight is 301 g/mol. The molecule has 0 bridgehead atoms. The first-order chi connectivity index (χ1) is 10.5. The molecule has 1 aliphatic rings. The van der Waals surface area contributed by atoms with Gasteiger partial charge in [-0.25, -0.2) is 4.39 Å². The summed E-state index contributed by atoms with van der Waals surface area (Å²) in [6, 6.07) is 9.54. The summed E-state index contributed by atoms with van der Waals surface area (Å²) < 4.78 is 15.1. The number of carbonyl (C=O) groups excluding carboxylic acids is 1. The fourth-order valence-electron chi connectivity index (χ4n) is 2.85. The molecular formula is C17H20FN3O. The standard InChI is InChI=1S/C17H20FN3O/c1-12-9-13(2)21(19-12)10-14-3-5-15(6-4-14)17(22)20-8-7-16(18)11-20/h3-6,9,16H,7-8,10-11H2,1-2H3/t16-/m0/s1. The quantitative estimate of drug-likeness (QED) is 0.874. The third-order valence-electron chi connectivity index (χ3n) is 4.05. The number of nitrogens with zero attached hydrogens (tertiary/aromatic N) is 3. The molecule has 2 aromatic rings. The molecule has 4 nitrogen and oxygen atoms in total. The van der Waals surface area contributed by atoms with E-state index in [4.69, 9.17) is 0 Å². The lowest BCUT2D eigenvalue weighted by Gasteiger charge is -2.15. The Morgan fingerprint density at radius 1 is 1.32 bits per heavy atom. The van der Waals surface area contributed by atoms with Crippen LogP contribution in [0.4, 0.5) is 4.39 Å². The zero-order valence-electron chi connectivity index (χ0n) is 12.9. The van der Waals surface area contributed by atoms with Gasteiger partial charge in [-0.2, -0.15) is 5.10 Å². The number of aryl methyl sites for hydroxylation is 2. The Morgan fingerprint density at radius 3 is 2.59 bits per heavy atom.